The molecule has 1 aromatic carbocycles. The first-order valence-electron chi connectivity index (χ1n) is 20.5. The molecule has 0 saturated carbocycles. The van der Waals surface area contributed by atoms with Gasteiger partial charge in [-0.25, -0.2) is 14.4 Å². The van der Waals surface area contributed by atoms with E-state index in [0.29, 0.717) is 6.61 Å². The summed E-state index contributed by atoms with van der Waals surface area (Å²) in [4.78, 5) is 38.0. The number of hydrogen-bond donors (Lipinski definition) is 7. The Hall–Kier alpha value is -3.08. The molecule has 1 aliphatic heterocycles. The molecule has 1 heterocycles. The highest BCUT2D eigenvalue weighted by Gasteiger charge is 2.44. The van der Waals surface area contributed by atoms with Crippen molar-refractivity contribution >= 4 is 25.7 Å². The number of aliphatic hydroxyl groups is 2. The lowest BCUT2D eigenvalue weighted by Gasteiger charge is -2.38. The van der Waals surface area contributed by atoms with Crippen LogP contribution in [0.1, 0.15) is 122 Å². The number of aliphatic carboxylic acids is 1. The molecule has 0 saturated heterocycles. The zero-order valence-corrected chi connectivity index (χ0v) is 34.8. The number of nitrogens with two attached hydrogens (primary N) is 2. The first-order valence-corrected chi connectivity index (χ1v) is 22.0. The summed E-state index contributed by atoms with van der Waals surface area (Å²) in [7, 11) is -4.83. The first kappa shape index (κ1) is 50.1. The molecule has 7 atom stereocenters. The van der Waals surface area contributed by atoms with Crippen LogP contribution in [0.4, 0.5) is 0 Å². The maximum absolute atomic E-state index is 12.9. The molecule has 57 heavy (non-hydrogen) atoms. The molecule has 0 fully saturated rings. The Morgan fingerprint density at radius 1 is 0.860 bits per heavy atom. The van der Waals surface area contributed by atoms with Crippen molar-refractivity contribution in [1.82, 2.24) is 5.32 Å². The summed E-state index contributed by atoms with van der Waals surface area (Å²) in [6, 6.07) is 6.93. The second kappa shape index (κ2) is 29.2. The number of carbonyl (C=O) groups excluding carboxylic acids is 1. The predicted octanol–water partition coefficient (Wildman–Crippen LogP) is 5.22. The van der Waals surface area contributed by atoms with Crippen molar-refractivity contribution in [2.75, 3.05) is 26.4 Å². The van der Waals surface area contributed by atoms with Crippen molar-refractivity contribution in [3.63, 3.8) is 0 Å². The van der Waals surface area contributed by atoms with E-state index in [9.17, 15) is 34.4 Å². The van der Waals surface area contributed by atoms with Crippen LogP contribution in [0.3, 0.4) is 0 Å². The predicted molar refractivity (Wildman–Crippen MR) is 217 cm³/mol. The molecule has 0 spiro atoms. The Kier molecular flexibility index (Phi) is 25.6. The van der Waals surface area contributed by atoms with Gasteiger partial charge in [0.05, 0.1) is 38.5 Å². The van der Waals surface area contributed by atoms with Gasteiger partial charge in [-0.2, -0.15) is 0 Å². The lowest BCUT2D eigenvalue weighted by Crippen LogP contribution is -2.59. The lowest BCUT2D eigenvalue weighted by atomic mass is 9.92. The molecule has 0 radical (unpaired) electrons. The number of carboxylic acids is 1. The number of rotatable bonds is 33. The fourth-order valence-corrected chi connectivity index (χ4v) is 7.18. The molecule has 16 nitrogen and oxygen atoms in total. The van der Waals surface area contributed by atoms with Gasteiger partial charge in [-0.05, 0) is 18.1 Å². The van der Waals surface area contributed by atoms with E-state index in [1.807, 2.05) is 30.3 Å². The summed E-state index contributed by atoms with van der Waals surface area (Å²) in [5, 5.41) is 33.7. The van der Waals surface area contributed by atoms with Gasteiger partial charge >= 0.3 is 13.8 Å². The SMILES string of the molecule is CCCCCCCCCCCCCCCCCCOC[C@@H](COP(=O)(O)OC[C@@H](O)[C@@H](O)[C@@H]1OC(C(=O)O)=C[C@H](N=C(N)N)[C@H]1NC(C)=O)OCc1ccccc1. The van der Waals surface area contributed by atoms with Crippen LogP contribution < -0.4 is 16.8 Å². The van der Waals surface area contributed by atoms with Crippen LogP contribution in [-0.2, 0) is 44.0 Å². The van der Waals surface area contributed by atoms with Crippen molar-refractivity contribution in [2.45, 2.75) is 160 Å². The van der Waals surface area contributed by atoms with Gasteiger partial charge in [0.25, 0.3) is 0 Å². The number of ether oxygens (including phenoxy) is 3. The van der Waals surface area contributed by atoms with Crippen molar-refractivity contribution in [3.8, 4) is 0 Å². The second-order valence-corrected chi connectivity index (χ2v) is 16.1. The Labute approximate surface area is 338 Å². The van der Waals surface area contributed by atoms with Crippen molar-refractivity contribution in [1.29, 1.82) is 0 Å². The summed E-state index contributed by atoms with van der Waals surface area (Å²) in [5.41, 5.74) is 11.8. The van der Waals surface area contributed by atoms with Gasteiger partial charge in [-0.3, -0.25) is 13.8 Å². The summed E-state index contributed by atoms with van der Waals surface area (Å²) < 4.78 is 40.2. The number of carbonyl (C=O) groups is 2. The quantitative estimate of drug-likeness (QED) is 0.0208. The van der Waals surface area contributed by atoms with E-state index in [2.05, 4.69) is 17.2 Å². The Morgan fingerprint density at radius 2 is 1.40 bits per heavy atom. The summed E-state index contributed by atoms with van der Waals surface area (Å²) in [5.74, 6) is -3.22. The normalized spacial score (nSPS) is 19.4. The number of hydrogen-bond acceptors (Lipinski definition) is 11. The monoisotopic (exact) mass is 828 g/mol. The number of unbranched alkanes of at least 4 members (excludes halogenated alkanes) is 15. The van der Waals surface area contributed by atoms with Crippen molar-refractivity contribution in [3.05, 3.63) is 47.7 Å². The third kappa shape index (κ3) is 22.6. The minimum Gasteiger partial charge on any atom is -0.478 e. The fraction of sp³-hybridized carbons (Fsp3) is 0.725. The van der Waals surface area contributed by atoms with Gasteiger partial charge in [-0.1, -0.05) is 134 Å². The smallest absolute Gasteiger partial charge is 0.472 e. The number of phosphoric ester groups is 1. The largest absolute Gasteiger partial charge is 0.478 e. The van der Waals surface area contributed by atoms with Crippen LogP contribution >= 0.6 is 7.82 Å². The van der Waals surface area contributed by atoms with Crippen LogP contribution in [0.25, 0.3) is 0 Å². The molecule has 0 aromatic heterocycles. The molecular formula is C40H69N4O12P. The van der Waals surface area contributed by atoms with E-state index in [1.165, 1.54) is 83.5 Å². The Balaban J connectivity index is 1.79. The summed E-state index contributed by atoms with van der Waals surface area (Å²) in [6.45, 7) is 2.87. The number of aliphatic imine (C=N–C) groups is 1. The highest BCUT2D eigenvalue weighted by Crippen LogP contribution is 2.43. The number of nitrogens with one attached hydrogen (secondary N) is 1. The number of benzene rings is 1. The van der Waals surface area contributed by atoms with Gasteiger partial charge in [0.1, 0.15) is 24.4 Å². The Morgan fingerprint density at radius 3 is 1.93 bits per heavy atom. The molecule has 1 aromatic rings. The minimum absolute atomic E-state index is 0.0901. The standard InChI is InChI=1S/C40H69N4O12P/c1-3-4-5-6-7-8-9-10-11-12-13-14-15-16-17-21-24-52-27-32(53-26-31-22-19-18-20-23-31)28-54-57(50,51)55-29-34(46)37(47)38-36(43-30(2)45)33(44-40(41)42)25-35(56-38)39(48)49/h18-20,22-23,25,32-34,36-38,46-47H,3-17,21,24,26-29H2,1-2H3,(H,43,45)(H,48,49)(H,50,51)(H4,41,42,44)/t32-,33-,34+,36+,37+,38+/m0/s1. The van der Waals surface area contributed by atoms with Crippen LogP contribution in [0.2, 0.25) is 0 Å². The van der Waals surface area contributed by atoms with E-state index in [0.717, 1.165) is 37.8 Å². The number of guanidine groups is 1. The maximum atomic E-state index is 12.9. The topological polar surface area (TPSA) is 255 Å². The number of carboxylic acid groups (broad SMARTS) is 1. The molecular weight excluding hydrogens is 759 g/mol. The van der Waals surface area contributed by atoms with Gasteiger partial charge in [0.2, 0.25) is 11.7 Å². The average molecular weight is 829 g/mol. The lowest BCUT2D eigenvalue weighted by molar-refractivity contribution is -0.145. The minimum atomic E-state index is -4.83. The van der Waals surface area contributed by atoms with Gasteiger partial charge in [0, 0.05) is 13.5 Å². The molecule has 9 N–H and O–H groups in total. The van der Waals surface area contributed by atoms with E-state index in [4.69, 9.17) is 34.7 Å². The van der Waals surface area contributed by atoms with Crippen LogP contribution in [0.15, 0.2) is 47.2 Å². The molecule has 0 aliphatic carbocycles. The fourth-order valence-electron chi connectivity index (χ4n) is 6.41. The third-order valence-electron chi connectivity index (χ3n) is 9.52. The molecule has 17 heteroatoms. The van der Waals surface area contributed by atoms with E-state index >= 15 is 0 Å². The first-order chi connectivity index (χ1) is 27.3. The van der Waals surface area contributed by atoms with E-state index in [1.54, 1.807) is 0 Å². The molecule has 2 rings (SSSR count). The van der Waals surface area contributed by atoms with Crippen molar-refractivity contribution in [2.24, 2.45) is 16.5 Å². The highest BCUT2D eigenvalue weighted by atomic mass is 31.2. The van der Waals surface area contributed by atoms with E-state index < -0.39 is 74.5 Å². The average Bonchev–Trinajstić information content (AvgIpc) is 3.17. The number of amides is 1. The second-order valence-electron chi connectivity index (χ2n) is 14.6. The number of aliphatic hydroxyl groups excluding tert-OH is 2. The van der Waals surface area contributed by atoms with Gasteiger partial charge in [-0.15, -0.1) is 0 Å². The number of phosphoric acid groups is 1. The highest BCUT2D eigenvalue weighted by molar-refractivity contribution is 7.47. The zero-order chi connectivity index (χ0) is 41.9. The van der Waals surface area contributed by atoms with Gasteiger partial charge < -0.3 is 51.2 Å². The molecule has 0 bridgehead atoms. The zero-order valence-electron chi connectivity index (χ0n) is 33.9. The summed E-state index contributed by atoms with van der Waals surface area (Å²) in [6.07, 6.45) is 15.1. The van der Waals surface area contributed by atoms with Crippen LogP contribution in [-0.4, -0.2) is 101 Å². The third-order valence-corrected chi connectivity index (χ3v) is 10.5. The van der Waals surface area contributed by atoms with Crippen LogP contribution in [0.5, 0.6) is 0 Å². The van der Waals surface area contributed by atoms with Crippen LogP contribution in [0, 0.1) is 0 Å². The summed E-state index contributed by atoms with van der Waals surface area (Å²) >= 11 is 0. The Bertz CT molecular complexity index is 1370. The molecule has 1 unspecified atom stereocenters. The molecule has 326 valence electrons. The maximum Gasteiger partial charge on any atom is 0.472 e. The van der Waals surface area contributed by atoms with Gasteiger partial charge in [0.15, 0.2) is 5.96 Å². The molecule has 1 amide bonds. The van der Waals surface area contributed by atoms with Crippen molar-refractivity contribution < 1.29 is 57.6 Å². The van der Waals surface area contributed by atoms with E-state index in [-0.39, 0.29) is 19.8 Å². The number of nitrogens with zero attached hydrogens (tertiary/aromatic N) is 1. The molecule has 1 aliphatic rings.